The van der Waals surface area contributed by atoms with Crippen molar-refractivity contribution in [1.82, 2.24) is 4.90 Å². The van der Waals surface area contributed by atoms with E-state index in [0.29, 0.717) is 6.04 Å². The van der Waals surface area contributed by atoms with Gasteiger partial charge in [0.15, 0.2) is 0 Å². The molecule has 0 aliphatic carbocycles. The number of halogens is 1. The molecule has 1 aromatic rings. The molecule has 0 fully saturated rings. The quantitative estimate of drug-likeness (QED) is 0.799. The lowest BCUT2D eigenvalue weighted by molar-refractivity contribution is 0.243. The fourth-order valence-electron chi connectivity index (χ4n) is 1.69. The number of hydrogen-bond donors (Lipinski definition) is 1. The smallest absolute Gasteiger partial charge is 0.123 e. The van der Waals surface area contributed by atoms with Crippen LogP contribution in [0.3, 0.4) is 0 Å². The minimum Gasteiger partial charge on any atom is -0.384 e. The molecule has 0 aromatic heterocycles. The molecule has 0 radical (unpaired) electrons. The summed E-state index contributed by atoms with van der Waals surface area (Å²) in [5, 5.41) is 3.28. The number of rotatable bonds is 6. The fraction of sp³-hybridized carbons (Fsp3) is 0.538. The predicted octanol–water partition coefficient (Wildman–Crippen LogP) is 2.97. The van der Waals surface area contributed by atoms with E-state index in [1.165, 1.54) is 12.1 Å². The Morgan fingerprint density at radius 1 is 1.25 bits per heavy atom. The molecule has 0 bridgehead atoms. The Hall–Kier alpha value is -1.09. The monoisotopic (exact) mass is 224 g/mol. The van der Waals surface area contributed by atoms with Gasteiger partial charge in [-0.25, -0.2) is 4.39 Å². The molecule has 16 heavy (non-hydrogen) atoms. The highest BCUT2D eigenvalue weighted by Crippen LogP contribution is 2.07. The molecule has 0 atom stereocenters. The summed E-state index contributed by atoms with van der Waals surface area (Å²) in [7, 11) is 0. The summed E-state index contributed by atoms with van der Waals surface area (Å²) in [6.45, 7) is 9.51. The maximum Gasteiger partial charge on any atom is 0.123 e. The molecule has 2 nitrogen and oxygen atoms in total. The molecule has 1 rings (SSSR count). The molecule has 1 N–H and O–H groups in total. The summed E-state index contributed by atoms with van der Waals surface area (Å²) < 4.78 is 12.7. The van der Waals surface area contributed by atoms with Gasteiger partial charge in [0.2, 0.25) is 0 Å². The van der Waals surface area contributed by atoms with Gasteiger partial charge in [0.25, 0.3) is 0 Å². The number of nitrogens with one attached hydrogen (secondary N) is 1. The van der Waals surface area contributed by atoms with Crippen LogP contribution >= 0.6 is 0 Å². The molecule has 0 saturated carbocycles. The van der Waals surface area contributed by atoms with Crippen molar-refractivity contribution in [3.8, 4) is 0 Å². The van der Waals surface area contributed by atoms with Crippen molar-refractivity contribution in [2.75, 3.05) is 25.0 Å². The molecular formula is C13H21FN2. The summed E-state index contributed by atoms with van der Waals surface area (Å²) in [6, 6.07) is 7.05. The van der Waals surface area contributed by atoms with Gasteiger partial charge >= 0.3 is 0 Å². The number of nitrogens with zero attached hydrogens (tertiary/aromatic N) is 1. The third kappa shape index (κ3) is 4.19. The van der Waals surface area contributed by atoms with Crippen LogP contribution in [0.15, 0.2) is 24.3 Å². The Bertz CT molecular complexity index is 295. The van der Waals surface area contributed by atoms with Crippen LogP contribution in [0.5, 0.6) is 0 Å². The molecular weight excluding hydrogens is 203 g/mol. The second-order valence-electron chi connectivity index (χ2n) is 4.16. The number of anilines is 1. The van der Waals surface area contributed by atoms with Crippen LogP contribution in [0.1, 0.15) is 20.8 Å². The Morgan fingerprint density at radius 2 is 1.88 bits per heavy atom. The van der Waals surface area contributed by atoms with E-state index in [0.717, 1.165) is 25.3 Å². The molecule has 0 saturated heterocycles. The first-order valence-electron chi connectivity index (χ1n) is 5.87. The first-order valence-corrected chi connectivity index (χ1v) is 5.87. The van der Waals surface area contributed by atoms with Crippen molar-refractivity contribution < 1.29 is 4.39 Å². The maximum atomic E-state index is 12.7. The summed E-state index contributed by atoms with van der Waals surface area (Å²) in [4.78, 5) is 2.39. The molecule has 90 valence electrons. The first kappa shape index (κ1) is 13.0. The van der Waals surface area contributed by atoms with Crippen molar-refractivity contribution in [2.24, 2.45) is 0 Å². The maximum absolute atomic E-state index is 12.7. The number of hydrogen-bond acceptors (Lipinski definition) is 2. The Balaban J connectivity index is 2.32. The van der Waals surface area contributed by atoms with Crippen LogP contribution in [0, 0.1) is 5.82 Å². The zero-order valence-corrected chi connectivity index (χ0v) is 10.3. The highest BCUT2D eigenvalue weighted by atomic mass is 19.1. The summed E-state index contributed by atoms with van der Waals surface area (Å²) in [5.74, 6) is -0.192. The van der Waals surface area contributed by atoms with Crippen molar-refractivity contribution in [3.05, 3.63) is 30.1 Å². The molecule has 0 amide bonds. The van der Waals surface area contributed by atoms with E-state index < -0.39 is 0 Å². The van der Waals surface area contributed by atoms with Gasteiger partial charge < -0.3 is 5.32 Å². The summed E-state index contributed by atoms with van der Waals surface area (Å²) >= 11 is 0. The van der Waals surface area contributed by atoms with Crippen LogP contribution in [-0.4, -0.2) is 30.6 Å². The van der Waals surface area contributed by atoms with E-state index >= 15 is 0 Å². The second-order valence-corrected chi connectivity index (χ2v) is 4.16. The lowest BCUT2D eigenvalue weighted by Crippen LogP contribution is -2.34. The van der Waals surface area contributed by atoms with E-state index in [9.17, 15) is 4.39 Å². The standard InChI is InChI=1S/C13H21FN2/c1-4-16(11(2)3)10-9-15-13-7-5-12(14)6-8-13/h5-8,11,15H,4,9-10H2,1-3H3. The zero-order valence-electron chi connectivity index (χ0n) is 10.3. The second kappa shape index (κ2) is 6.48. The normalized spacial score (nSPS) is 11.1. The van der Waals surface area contributed by atoms with Gasteiger partial charge in [0.05, 0.1) is 0 Å². The minimum atomic E-state index is -0.192. The van der Waals surface area contributed by atoms with Gasteiger partial charge in [0.1, 0.15) is 5.82 Å². The zero-order chi connectivity index (χ0) is 12.0. The van der Waals surface area contributed by atoms with E-state index in [2.05, 4.69) is 31.0 Å². The van der Waals surface area contributed by atoms with Gasteiger partial charge in [-0.15, -0.1) is 0 Å². The van der Waals surface area contributed by atoms with Crippen LogP contribution in [-0.2, 0) is 0 Å². The van der Waals surface area contributed by atoms with Gasteiger partial charge in [-0.3, -0.25) is 4.90 Å². The van der Waals surface area contributed by atoms with Gasteiger partial charge in [-0.05, 0) is 44.7 Å². The van der Waals surface area contributed by atoms with Crippen LogP contribution < -0.4 is 5.32 Å². The molecule has 0 unspecified atom stereocenters. The molecule has 0 aliphatic rings. The predicted molar refractivity (Wildman–Crippen MR) is 67.3 cm³/mol. The van der Waals surface area contributed by atoms with E-state index in [-0.39, 0.29) is 5.82 Å². The van der Waals surface area contributed by atoms with Crippen LogP contribution in [0.4, 0.5) is 10.1 Å². The van der Waals surface area contributed by atoms with Gasteiger partial charge in [-0.2, -0.15) is 0 Å². The van der Waals surface area contributed by atoms with Crippen molar-refractivity contribution >= 4 is 5.69 Å². The summed E-state index contributed by atoms with van der Waals surface area (Å²) in [5.41, 5.74) is 0.973. The molecule has 1 aromatic carbocycles. The Kier molecular flexibility index (Phi) is 5.26. The van der Waals surface area contributed by atoms with Crippen molar-refractivity contribution in [2.45, 2.75) is 26.8 Å². The third-order valence-electron chi connectivity index (χ3n) is 2.71. The lowest BCUT2D eigenvalue weighted by atomic mass is 10.3. The SMILES string of the molecule is CCN(CCNc1ccc(F)cc1)C(C)C. The molecule has 3 heteroatoms. The largest absolute Gasteiger partial charge is 0.384 e. The van der Waals surface area contributed by atoms with E-state index in [4.69, 9.17) is 0 Å². The molecule has 0 heterocycles. The van der Waals surface area contributed by atoms with Crippen molar-refractivity contribution in [3.63, 3.8) is 0 Å². The van der Waals surface area contributed by atoms with Crippen LogP contribution in [0.2, 0.25) is 0 Å². The Labute approximate surface area is 97.5 Å². The summed E-state index contributed by atoms with van der Waals surface area (Å²) in [6.07, 6.45) is 0. The average Bonchev–Trinajstić information content (AvgIpc) is 2.26. The highest BCUT2D eigenvalue weighted by Gasteiger charge is 2.05. The van der Waals surface area contributed by atoms with Gasteiger partial charge in [0, 0.05) is 24.8 Å². The fourth-order valence-corrected chi connectivity index (χ4v) is 1.69. The molecule has 0 spiro atoms. The van der Waals surface area contributed by atoms with E-state index in [1.807, 2.05) is 0 Å². The first-order chi connectivity index (χ1) is 7.63. The Morgan fingerprint density at radius 3 is 2.38 bits per heavy atom. The number of benzene rings is 1. The lowest BCUT2D eigenvalue weighted by Gasteiger charge is -2.24. The van der Waals surface area contributed by atoms with Crippen molar-refractivity contribution in [1.29, 1.82) is 0 Å². The van der Waals surface area contributed by atoms with Crippen LogP contribution in [0.25, 0.3) is 0 Å². The van der Waals surface area contributed by atoms with E-state index in [1.54, 1.807) is 12.1 Å². The molecule has 0 aliphatic heterocycles. The average molecular weight is 224 g/mol. The third-order valence-corrected chi connectivity index (χ3v) is 2.71. The highest BCUT2D eigenvalue weighted by molar-refractivity contribution is 5.42. The van der Waals surface area contributed by atoms with Gasteiger partial charge in [-0.1, -0.05) is 6.92 Å². The minimum absolute atomic E-state index is 0.192. The number of likely N-dealkylation sites (N-methyl/N-ethyl adjacent to an activating group) is 1. The topological polar surface area (TPSA) is 15.3 Å².